The van der Waals surface area contributed by atoms with Crippen molar-refractivity contribution in [2.24, 2.45) is 0 Å². The Labute approximate surface area is 96.3 Å². The maximum absolute atomic E-state index is 11.8. The van der Waals surface area contributed by atoms with Gasteiger partial charge in [-0.25, -0.2) is 0 Å². The summed E-state index contributed by atoms with van der Waals surface area (Å²) in [5, 5.41) is 0. The van der Waals surface area contributed by atoms with Crippen molar-refractivity contribution < 1.29 is 14.3 Å². The summed E-state index contributed by atoms with van der Waals surface area (Å²) in [6, 6.07) is 0. The third kappa shape index (κ3) is 3.20. The summed E-state index contributed by atoms with van der Waals surface area (Å²) in [6.45, 7) is 3.47. The average Bonchev–Trinajstić information content (AvgIpc) is 2.80. The van der Waals surface area contributed by atoms with E-state index in [1.807, 2.05) is 0 Å². The highest BCUT2D eigenvalue weighted by molar-refractivity contribution is 5.86. The number of hydrogen-bond acceptors (Lipinski definition) is 3. The van der Waals surface area contributed by atoms with E-state index in [1.165, 1.54) is 12.0 Å². The van der Waals surface area contributed by atoms with Crippen LogP contribution in [0, 0.1) is 0 Å². The van der Waals surface area contributed by atoms with Crippen LogP contribution in [-0.2, 0) is 14.3 Å². The Morgan fingerprint density at radius 1 is 1.38 bits per heavy atom. The number of methoxy groups -OCH3 is 1. The first-order valence-corrected chi connectivity index (χ1v) is 5.61. The number of ether oxygens (including phenoxy) is 1. The van der Waals surface area contributed by atoms with Crippen LogP contribution in [0.25, 0.3) is 0 Å². The molecule has 0 aromatic rings. The molecule has 1 rings (SSSR count). The third-order valence-electron chi connectivity index (χ3n) is 2.91. The van der Waals surface area contributed by atoms with Crippen molar-refractivity contribution in [3.05, 3.63) is 0 Å². The van der Waals surface area contributed by atoms with E-state index in [2.05, 4.69) is 0 Å². The smallest absolute Gasteiger partial charge is 0.251 e. The molecule has 0 aromatic heterocycles. The van der Waals surface area contributed by atoms with Crippen molar-refractivity contribution in [1.82, 2.24) is 9.80 Å². The van der Waals surface area contributed by atoms with Crippen LogP contribution in [0.3, 0.4) is 0 Å². The molecular formula is C11H20N2O3. The van der Waals surface area contributed by atoms with Crippen molar-refractivity contribution in [3.8, 4) is 0 Å². The van der Waals surface area contributed by atoms with Crippen molar-refractivity contribution in [2.75, 3.05) is 33.8 Å². The van der Waals surface area contributed by atoms with Crippen LogP contribution in [0.2, 0.25) is 0 Å². The molecular weight excluding hydrogens is 208 g/mol. The first kappa shape index (κ1) is 13.0. The van der Waals surface area contributed by atoms with E-state index in [-0.39, 0.29) is 18.4 Å². The molecule has 5 nitrogen and oxygen atoms in total. The molecule has 1 heterocycles. The lowest BCUT2D eigenvalue weighted by Crippen LogP contribution is -2.43. The summed E-state index contributed by atoms with van der Waals surface area (Å²) in [7, 11) is 3.12. The van der Waals surface area contributed by atoms with E-state index in [9.17, 15) is 9.59 Å². The fourth-order valence-electron chi connectivity index (χ4n) is 1.76. The molecule has 92 valence electrons. The molecule has 1 fully saturated rings. The molecule has 0 bridgehead atoms. The molecule has 1 aliphatic rings. The molecule has 0 saturated carbocycles. The van der Waals surface area contributed by atoms with Gasteiger partial charge in [0.1, 0.15) is 6.10 Å². The lowest BCUT2D eigenvalue weighted by Gasteiger charge is -2.23. The molecule has 0 aromatic carbocycles. The van der Waals surface area contributed by atoms with Gasteiger partial charge in [-0.1, -0.05) is 0 Å². The first-order chi connectivity index (χ1) is 7.56. The number of carbonyl (C=O) groups is 2. The number of amides is 2. The van der Waals surface area contributed by atoms with Crippen LogP contribution in [-0.4, -0.2) is 61.5 Å². The number of nitrogens with zero attached hydrogens (tertiary/aromatic N) is 2. The van der Waals surface area contributed by atoms with Crippen LogP contribution in [0.1, 0.15) is 19.8 Å². The fourth-order valence-corrected chi connectivity index (χ4v) is 1.76. The Hall–Kier alpha value is -1.10. The minimum Gasteiger partial charge on any atom is -0.372 e. The van der Waals surface area contributed by atoms with E-state index >= 15 is 0 Å². The number of rotatable bonds is 4. The third-order valence-corrected chi connectivity index (χ3v) is 2.91. The Morgan fingerprint density at radius 3 is 2.44 bits per heavy atom. The highest BCUT2D eigenvalue weighted by Gasteiger charge is 2.23. The van der Waals surface area contributed by atoms with Gasteiger partial charge in [0.2, 0.25) is 5.91 Å². The molecule has 16 heavy (non-hydrogen) atoms. The summed E-state index contributed by atoms with van der Waals surface area (Å²) < 4.78 is 4.92. The first-order valence-electron chi connectivity index (χ1n) is 5.61. The zero-order chi connectivity index (χ0) is 12.1. The molecule has 1 atom stereocenters. The van der Waals surface area contributed by atoms with Crippen molar-refractivity contribution in [3.63, 3.8) is 0 Å². The topological polar surface area (TPSA) is 49.9 Å². The van der Waals surface area contributed by atoms with Gasteiger partial charge in [0.05, 0.1) is 6.54 Å². The highest BCUT2D eigenvalue weighted by atomic mass is 16.5. The molecule has 2 amide bonds. The summed E-state index contributed by atoms with van der Waals surface area (Å²) in [4.78, 5) is 26.6. The second-order valence-electron chi connectivity index (χ2n) is 4.16. The number of carbonyl (C=O) groups excluding carboxylic acids is 2. The number of hydrogen-bond donors (Lipinski definition) is 0. The molecule has 1 unspecified atom stereocenters. The molecule has 0 radical (unpaired) electrons. The maximum Gasteiger partial charge on any atom is 0.251 e. The SMILES string of the molecule is COC(C)C(=O)N(C)CC(=O)N1CCCC1. The van der Waals surface area contributed by atoms with Gasteiger partial charge in [-0.2, -0.15) is 0 Å². The Bertz CT molecular complexity index is 262. The second kappa shape index (κ2) is 5.84. The van der Waals surface area contributed by atoms with Crippen LogP contribution in [0.4, 0.5) is 0 Å². The van der Waals surface area contributed by atoms with Gasteiger partial charge in [0.25, 0.3) is 5.91 Å². The van der Waals surface area contributed by atoms with Crippen LogP contribution in [0.5, 0.6) is 0 Å². The molecule has 1 saturated heterocycles. The van der Waals surface area contributed by atoms with Gasteiger partial charge in [-0.3, -0.25) is 9.59 Å². The average molecular weight is 228 g/mol. The highest BCUT2D eigenvalue weighted by Crippen LogP contribution is 2.08. The lowest BCUT2D eigenvalue weighted by molar-refractivity contribution is -0.144. The second-order valence-corrected chi connectivity index (χ2v) is 4.16. The zero-order valence-electron chi connectivity index (χ0n) is 10.2. The van der Waals surface area contributed by atoms with Crippen molar-refractivity contribution in [1.29, 1.82) is 0 Å². The molecule has 1 aliphatic heterocycles. The Morgan fingerprint density at radius 2 is 1.94 bits per heavy atom. The lowest BCUT2D eigenvalue weighted by atomic mass is 10.3. The number of likely N-dealkylation sites (tertiary alicyclic amines) is 1. The fraction of sp³-hybridized carbons (Fsp3) is 0.818. The van der Waals surface area contributed by atoms with E-state index in [4.69, 9.17) is 4.74 Å². The standard InChI is InChI=1S/C11H20N2O3/c1-9(16-3)11(15)12(2)8-10(14)13-6-4-5-7-13/h9H,4-8H2,1-3H3. The van der Waals surface area contributed by atoms with Crippen LogP contribution in [0.15, 0.2) is 0 Å². The zero-order valence-corrected chi connectivity index (χ0v) is 10.2. The summed E-state index contributed by atoms with van der Waals surface area (Å²) >= 11 is 0. The van der Waals surface area contributed by atoms with Crippen LogP contribution >= 0.6 is 0 Å². The van der Waals surface area contributed by atoms with Crippen LogP contribution < -0.4 is 0 Å². The van der Waals surface area contributed by atoms with Gasteiger partial charge in [0, 0.05) is 27.2 Å². The summed E-state index contributed by atoms with van der Waals surface area (Å²) in [5.74, 6) is -0.133. The Kier molecular flexibility index (Phi) is 4.73. The van der Waals surface area contributed by atoms with Crippen molar-refractivity contribution in [2.45, 2.75) is 25.9 Å². The van der Waals surface area contributed by atoms with Gasteiger partial charge < -0.3 is 14.5 Å². The predicted molar refractivity (Wildman–Crippen MR) is 59.9 cm³/mol. The van der Waals surface area contributed by atoms with E-state index in [0.717, 1.165) is 25.9 Å². The summed E-state index contributed by atoms with van der Waals surface area (Å²) in [6.07, 6.45) is 1.65. The molecule has 0 N–H and O–H groups in total. The minimum absolute atomic E-state index is 0.0247. The van der Waals surface area contributed by atoms with E-state index in [1.54, 1.807) is 18.9 Å². The normalized spacial score (nSPS) is 17.3. The predicted octanol–water partition coefficient (Wildman–Crippen LogP) is 0.102. The molecule has 5 heteroatoms. The monoisotopic (exact) mass is 228 g/mol. The molecule has 0 aliphatic carbocycles. The minimum atomic E-state index is -0.489. The van der Waals surface area contributed by atoms with E-state index in [0.29, 0.717) is 0 Å². The van der Waals surface area contributed by atoms with Gasteiger partial charge >= 0.3 is 0 Å². The van der Waals surface area contributed by atoms with Gasteiger partial charge in [0.15, 0.2) is 0 Å². The van der Waals surface area contributed by atoms with Crippen molar-refractivity contribution >= 4 is 11.8 Å². The number of likely N-dealkylation sites (N-methyl/N-ethyl adjacent to an activating group) is 1. The largest absolute Gasteiger partial charge is 0.372 e. The summed E-state index contributed by atoms with van der Waals surface area (Å²) in [5.41, 5.74) is 0. The van der Waals surface area contributed by atoms with E-state index < -0.39 is 6.10 Å². The quantitative estimate of drug-likeness (QED) is 0.686. The maximum atomic E-state index is 11.8. The Balaban J connectivity index is 2.40. The van der Waals surface area contributed by atoms with Gasteiger partial charge in [-0.05, 0) is 19.8 Å². The molecule has 0 spiro atoms. The van der Waals surface area contributed by atoms with Gasteiger partial charge in [-0.15, -0.1) is 0 Å².